The summed E-state index contributed by atoms with van der Waals surface area (Å²) in [6.07, 6.45) is 7.38. The fraction of sp³-hybridized carbons (Fsp3) is 0.467. The minimum absolute atomic E-state index is 0.0402. The number of nitriles is 1. The number of rotatable bonds is 6. The van der Waals surface area contributed by atoms with E-state index < -0.39 is 5.97 Å². The van der Waals surface area contributed by atoms with Crippen molar-refractivity contribution in [2.75, 3.05) is 6.61 Å². The van der Waals surface area contributed by atoms with Gasteiger partial charge < -0.3 is 4.74 Å². The highest BCUT2D eigenvalue weighted by atomic mass is 16.5. The van der Waals surface area contributed by atoms with Crippen molar-refractivity contribution >= 4 is 5.97 Å². The molecule has 0 amide bonds. The smallest absolute Gasteiger partial charge is 0.348 e. The molecule has 3 nitrogen and oxygen atoms in total. The minimum atomic E-state index is -0.562. The van der Waals surface area contributed by atoms with Crippen molar-refractivity contribution in [1.29, 1.82) is 5.26 Å². The van der Waals surface area contributed by atoms with Crippen LogP contribution in [0.15, 0.2) is 34.9 Å². The molecule has 0 aliphatic carbocycles. The van der Waals surface area contributed by atoms with Gasteiger partial charge in [0, 0.05) is 0 Å². The lowest BCUT2D eigenvalue weighted by atomic mass is 10.1. The van der Waals surface area contributed by atoms with Crippen LogP contribution in [0.25, 0.3) is 0 Å². The molecule has 0 fully saturated rings. The van der Waals surface area contributed by atoms with Gasteiger partial charge >= 0.3 is 5.97 Å². The molecule has 3 heteroatoms. The van der Waals surface area contributed by atoms with Crippen LogP contribution >= 0.6 is 0 Å². The zero-order chi connectivity index (χ0) is 14.0. The molecule has 0 saturated carbocycles. The molecule has 0 heterocycles. The van der Waals surface area contributed by atoms with Gasteiger partial charge in [-0.2, -0.15) is 5.26 Å². The minimum Gasteiger partial charge on any atom is -0.462 e. The molecule has 0 bridgehead atoms. The average molecular weight is 247 g/mol. The van der Waals surface area contributed by atoms with Gasteiger partial charge in [-0.05, 0) is 46.6 Å². The predicted octanol–water partition coefficient (Wildman–Crippen LogP) is 3.69. The van der Waals surface area contributed by atoms with Crippen LogP contribution in [0.4, 0.5) is 0 Å². The van der Waals surface area contributed by atoms with E-state index in [1.807, 2.05) is 13.0 Å². The van der Waals surface area contributed by atoms with Crippen LogP contribution in [0.2, 0.25) is 0 Å². The lowest BCUT2D eigenvalue weighted by Crippen LogP contribution is -2.05. The Balaban J connectivity index is 4.51. The van der Waals surface area contributed by atoms with Crippen molar-refractivity contribution < 1.29 is 9.53 Å². The van der Waals surface area contributed by atoms with Gasteiger partial charge in [-0.3, -0.25) is 0 Å². The van der Waals surface area contributed by atoms with Crippen LogP contribution in [-0.4, -0.2) is 12.6 Å². The summed E-state index contributed by atoms with van der Waals surface area (Å²) in [6.45, 7) is 8.10. The van der Waals surface area contributed by atoms with E-state index in [9.17, 15) is 4.79 Å². The molecule has 0 saturated heterocycles. The number of hydrogen-bond acceptors (Lipinski definition) is 3. The van der Waals surface area contributed by atoms with Gasteiger partial charge in [-0.1, -0.05) is 23.3 Å². The van der Waals surface area contributed by atoms with Gasteiger partial charge in [0.2, 0.25) is 0 Å². The summed E-state index contributed by atoms with van der Waals surface area (Å²) >= 11 is 0. The number of ether oxygens (including phenoxy) is 1. The summed E-state index contributed by atoms with van der Waals surface area (Å²) < 4.78 is 4.77. The monoisotopic (exact) mass is 247 g/mol. The van der Waals surface area contributed by atoms with Crippen molar-refractivity contribution in [3.63, 3.8) is 0 Å². The third-order valence-corrected chi connectivity index (χ3v) is 2.24. The molecule has 0 unspecified atom stereocenters. The second-order valence-electron chi connectivity index (χ2n) is 4.25. The highest BCUT2D eigenvalue weighted by Crippen LogP contribution is 2.08. The first-order valence-corrected chi connectivity index (χ1v) is 6.09. The van der Waals surface area contributed by atoms with E-state index in [-0.39, 0.29) is 12.2 Å². The topological polar surface area (TPSA) is 50.1 Å². The number of carbonyl (C=O) groups excluding carboxylic acids is 1. The lowest BCUT2D eigenvalue weighted by molar-refractivity contribution is -0.138. The maximum absolute atomic E-state index is 11.3. The van der Waals surface area contributed by atoms with Crippen LogP contribution in [-0.2, 0) is 9.53 Å². The maximum Gasteiger partial charge on any atom is 0.348 e. The second-order valence-corrected chi connectivity index (χ2v) is 4.25. The van der Waals surface area contributed by atoms with Crippen LogP contribution in [0.1, 0.15) is 40.5 Å². The first-order chi connectivity index (χ1) is 8.51. The highest BCUT2D eigenvalue weighted by Gasteiger charge is 2.07. The van der Waals surface area contributed by atoms with Crippen LogP contribution in [0, 0.1) is 11.3 Å². The average Bonchev–Trinajstić information content (AvgIpc) is 2.29. The SMILES string of the molecule is CCOC(=O)/C(C#N)=C/C=C(\C)CCC=C(C)C. The van der Waals surface area contributed by atoms with Gasteiger partial charge in [-0.25, -0.2) is 4.79 Å². The molecule has 0 aromatic carbocycles. The predicted molar refractivity (Wildman–Crippen MR) is 72.8 cm³/mol. The number of hydrogen-bond donors (Lipinski definition) is 0. The zero-order valence-corrected chi connectivity index (χ0v) is 11.6. The summed E-state index contributed by atoms with van der Waals surface area (Å²) in [7, 11) is 0. The van der Waals surface area contributed by atoms with Gasteiger partial charge in [0.15, 0.2) is 0 Å². The van der Waals surface area contributed by atoms with Crippen LogP contribution in [0.3, 0.4) is 0 Å². The normalized spacial score (nSPS) is 11.7. The summed E-state index contributed by atoms with van der Waals surface area (Å²) in [5.74, 6) is -0.562. The van der Waals surface area contributed by atoms with Crippen molar-refractivity contribution in [3.05, 3.63) is 34.9 Å². The number of esters is 1. The molecule has 0 atom stereocenters. The molecule has 0 N–H and O–H groups in total. The number of allylic oxidation sites excluding steroid dienone is 5. The Morgan fingerprint density at radius 1 is 1.28 bits per heavy atom. The largest absolute Gasteiger partial charge is 0.462 e. The number of nitrogens with zero attached hydrogens (tertiary/aromatic N) is 1. The third-order valence-electron chi connectivity index (χ3n) is 2.24. The Labute approximate surface area is 109 Å². The highest BCUT2D eigenvalue weighted by molar-refractivity contribution is 5.93. The molecule has 0 aromatic rings. The van der Waals surface area contributed by atoms with Crippen molar-refractivity contribution in [2.24, 2.45) is 0 Å². The van der Waals surface area contributed by atoms with Crippen molar-refractivity contribution in [1.82, 2.24) is 0 Å². The van der Waals surface area contributed by atoms with Crippen molar-refractivity contribution in [2.45, 2.75) is 40.5 Å². The molecule has 98 valence electrons. The Hall–Kier alpha value is -1.82. The fourth-order valence-corrected chi connectivity index (χ4v) is 1.26. The Kier molecular flexibility index (Phi) is 8.30. The Morgan fingerprint density at radius 3 is 2.44 bits per heavy atom. The van der Waals surface area contributed by atoms with E-state index in [0.717, 1.165) is 18.4 Å². The summed E-state index contributed by atoms with van der Waals surface area (Å²) in [5.41, 5.74) is 2.46. The first kappa shape index (κ1) is 16.2. The fourth-order valence-electron chi connectivity index (χ4n) is 1.26. The molecular formula is C15H21NO2. The van der Waals surface area contributed by atoms with Gasteiger partial charge in [0.25, 0.3) is 0 Å². The molecule has 0 spiro atoms. The van der Waals surface area contributed by atoms with Crippen molar-refractivity contribution in [3.8, 4) is 6.07 Å². The molecule has 0 aliphatic heterocycles. The molecule has 0 aliphatic rings. The number of carbonyl (C=O) groups is 1. The van der Waals surface area contributed by atoms with E-state index in [2.05, 4.69) is 19.9 Å². The molecule has 0 radical (unpaired) electrons. The van der Waals surface area contributed by atoms with Gasteiger partial charge in [-0.15, -0.1) is 0 Å². The quantitative estimate of drug-likeness (QED) is 0.236. The van der Waals surface area contributed by atoms with Crippen LogP contribution < -0.4 is 0 Å². The van der Waals surface area contributed by atoms with E-state index in [0.29, 0.717) is 0 Å². The molecule has 0 aromatic heterocycles. The zero-order valence-electron chi connectivity index (χ0n) is 11.6. The van der Waals surface area contributed by atoms with E-state index in [1.165, 1.54) is 11.6 Å². The summed E-state index contributed by atoms with van der Waals surface area (Å²) in [6, 6.07) is 1.85. The van der Waals surface area contributed by atoms with Gasteiger partial charge in [0.1, 0.15) is 11.6 Å². The first-order valence-electron chi connectivity index (χ1n) is 6.09. The van der Waals surface area contributed by atoms with E-state index in [4.69, 9.17) is 10.00 Å². The summed E-state index contributed by atoms with van der Waals surface area (Å²) in [4.78, 5) is 11.3. The van der Waals surface area contributed by atoms with E-state index >= 15 is 0 Å². The molecular weight excluding hydrogens is 226 g/mol. The Bertz CT molecular complexity index is 405. The second kappa shape index (κ2) is 9.23. The third kappa shape index (κ3) is 7.45. The van der Waals surface area contributed by atoms with Gasteiger partial charge in [0.05, 0.1) is 6.61 Å². The van der Waals surface area contributed by atoms with E-state index in [1.54, 1.807) is 13.0 Å². The van der Waals surface area contributed by atoms with Crippen LogP contribution in [0.5, 0.6) is 0 Å². The maximum atomic E-state index is 11.3. The Morgan fingerprint density at radius 2 is 1.94 bits per heavy atom. The standard InChI is InChI=1S/C15H21NO2/c1-5-18-15(17)14(11-16)10-9-13(4)8-6-7-12(2)3/h7,9-10H,5-6,8H2,1-4H3/b13-9+,14-10+. The molecule has 18 heavy (non-hydrogen) atoms. The molecule has 0 rings (SSSR count). The summed E-state index contributed by atoms with van der Waals surface area (Å²) in [5, 5.41) is 8.83. The lowest BCUT2D eigenvalue weighted by Gasteiger charge is -1.99.